The van der Waals surface area contributed by atoms with Crippen LogP contribution in [-0.2, 0) is 4.74 Å². The molecular formula is C21H27N3O5. The molecule has 5 rings (SSSR count). The Morgan fingerprint density at radius 3 is 2.72 bits per heavy atom. The van der Waals surface area contributed by atoms with E-state index in [2.05, 4.69) is 10.6 Å². The molecule has 8 heteroatoms. The van der Waals surface area contributed by atoms with E-state index in [1.165, 1.54) is 12.8 Å². The largest absolute Gasteiger partial charge is 0.454 e. The number of rotatable bonds is 4. The highest BCUT2D eigenvalue weighted by Gasteiger charge is 2.46. The summed E-state index contributed by atoms with van der Waals surface area (Å²) in [5, 5.41) is 6.10. The Hall–Kier alpha value is -2.48. The summed E-state index contributed by atoms with van der Waals surface area (Å²) < 4.78 is 16.7. The third-order valence-corrected chi connectivity index (χ3v) is 6.43. The zero-order valence-corrected chi connectivity index (χ0v) is 16.4. The van der Waals surface area contributed by atoms with Gasteiger partial charge in [-0.05, 0) is 43.9 Å². The summed E-state index contributed by atoms with van der Waals surface area (Å²) in [6.07, 6.45) is 6.40. The normalized spacial score (nSPS) is 27.9. The predicted molar refractivity (Wildman–Crippen MR) is 104 cm³/mol. The molecule has 0 radical (unpaired) electrons. The molecular weight excluding hydrogens is 374 g/mol. The molecule has 0 bridgehead atoms. The quantitative estimate of drug-likeness (QED) is 0.806. The second kappa shape index (κ2) is 7.74. The molecule has 0 aromatic heterocycles. The lowest BCUT2D eigenvalue weighted by Gasteiger charge is -2.52. The van der Waals surface area contributed by atoms with E-state index in [1.807, 2.05) is 4.90 Å². The summed E-state index contributed by atoms with van der Waals surface area (Å²) in [6, 6.07) is 5.73. The van der Waals surface area contributed by atoms with E-state index in [0.717, 1.165) is 25.7 Å². The highest BCUT2D eigenvalue weighted by Crippen LogP contribution is 2.34. The van der Waals surface area contributed by atoms with Gasteiger partial charge >= 0.3 is 6.03 Å². The number of nitrogens with zero attached hydrogens (tertiary/aromatic N) is 1. The van der Waals surface area contributed by atoms with Gasteiger partial charge in [0.05, 0.1) is 24.8 Å². The molecule has 4 aliphatic rings. The van der Waals surface area contributed by atoms with Crippen molar-refractivity contribution in [2.24, 2.45) is 0 Å². The van der Waals surface area contributed by atoms with Crippen LogP contribution in [0.15, 0.2) is 18.2 Å². The number of carbonyl (C=O) groups is 2. The minimum atomic E-state index is -0.153. The van der Waals surface area contributed by atoms with Gasteiger partial charge in [-0.15, -0.1) is 0 Å². The molecule has 8 nitrogen and oxygen atoms in total. The SMILES string of the molecule is O=C(NC[C@H]1CC[C@H]2[C@H](CN2C(=O)NC2CCCC2)O1)c1ccc2c(c1)OCO2. The summed E-state index contributed by atoms with van der Waals surface area (Å²) in [5.41, 5.74) is 0.543. The number of benzene rings is 1. The third-order valence-electron chi connectivity index (χ3n) is 6.43. The van der Waals surface area contributed by atoms with E-state index >= 15 is 0 Å². The van der Waals surface area contributed by atoms with Gasteiger partial charge in [0.2, 0.25) is 6.79 Å². The maximum atomic E-state index is 12.5. The van der Waals surface area contributed by atoms with Crippen LogP contribution in [-0.4, -0.2) is 61.0 Å². The first-order chi connectivity index (χ1) is 14.2. The van der Waals surface area contributed by atoms with Crippen LogP contribution in [0.2, 0.25) is 0 Å². The Morgan fingerprint density at radius 2 is 1.90 bits per heavy atom. The van der Waals surface area contributed by atoms with Gasteiger partial charge < -0.3 is 29.7 Å². The van der Waals surface area contributed by atoms with Gasteiger partial charge in [-0.25, -0.2) is 4.79 Å². The second-order valence-electron chi connectivity index (χ2n) is 8.30. The monoisotopic (exact) mass is 401 g/mol. The summed E-state index contributed by atoms with van der Waals surface area (Å²) >= 11 is 0. The number of ether oxygens (including phenoxy) is 3. The summed E-state index contributed by atoms with van der Waals surface area (Å²) in [6.45, 7) is 1.29. The number of hydrogen-bond acceptors (Lipinski definition) is 5. The van der Waals surface area contributed by atoms with Crippen molar-refractivity contribution in [1.29, 1.82) is 0 Å². The maximum Gasteiger partial charge on any atom is 0.318 e. The van der Waals surface area contributed by atoms with Crippen LogP contribution in [0, 0.1) is 0 Å². The van der Waals surface area contributed by atoms with Gasteiger partial charge in [0.15, 0.2) is 11.5 Å². The third kappa shape index (κ3) is 3.73. The number of likely N-dealkylation sites (tertiary alicyclic amines) is 1. The number of fused-ring (bicyclic) bond motifs is 2. The topological polar surface area (TPSA) is 89.1 Å². The molecule has 3 amide bonds. The zero-order valence-electron chi connectivity index (χ0n) is 16.4. The number of amides is 3. The Morgan fingerprint density at radius 1 is 1.07 bits per heavy atom. The van der Waals surface area contributed by atoms with E-state index in [4.69, 9.17) is 14.2 Å². The van der Waals surface area contributed by atoms with Gasteiger partial charge in [-0.3, -0.25) is 4.79 Å². The number of carbonyl (C=O) groups excluding carboxylic acids is 2. The van der Waals surface area contributed by atoms with Crippen molar-refractivity contribution in [1.82, 2.24) is 15.5 Å². The van der Waals surface area contributed by atoms with Crippen LogP contribution in [0.1, 0.15) is 48.9 Å². The summed E-state index contributed by atoms with van der Waals surface area (Å²) in [7, 11) is 0. The fourth-order valence-corrected chi connectivity index (χ4v) is 4.72. The minimum Gasteiger partial charge on any atom is -0.454 e. The van der Waals surface area contributed by atoms with Crippen LogP contribution in [0.5, 0.6) is 11.5 Å². The van der Waals surface area contributed by atoms with Crippen molar-refractivity contribution in [2.45, 2.75) is 62.8 Å². The average Bonchev–Trinajstić information content (AvgIpc) is 3.38. The first kappa shape index (κ1) is 18.5. The molecule has 1 aromatic rings. The van der Waals surface area contributed by atoms with Crippen molar-refractivity contribution < 1.29 is 23.8 Å². The first-order valence-corrected chi connectivity index (χ1v) is 10.6. The van der Waals surface area contributed by atoms with Crippen LogP contribution in [0.3, 0.4) is 0 Å². The fraction of sp³-hybridized carbons (Fsp3) is 0.619. The van der Waals surface area contributed by atoms with Gasteiger partial charge in [0, 0.05) is 18.2 Å². The molecule has 2 N–H and O–H groups in total. The lowest BCUT2D eigenvalue weighted by atomic mass is 9.90. The molecule has 1 aliphatic carbocycles. The first-order valence-electron chi connectivity index (χ1n) is 10.6. The van der Waals surface area contributed by atoms with Crippen molar-refractivity contribution in [3.63, 3.8) is 0 Å². The van der Waals surface area contributed by atoms with Gasteiger partial charge in [-0.1, -0.05) is 12.8 Å². The van der Waals surface area contributed by atoms with Gasteiger partial charge in [0.1, 0.15) is 0 Å². The minimum absolute atomic E-state index is 0.0192. The maximum absolute atomic E-state index is 12.5. The number of urea groups is 1. The molecule has 156 valence electrons. The molecule has 3 fully saturated rings. The summed E-state index contributed by atoms with van der Waals surface area (Å²) in [5.74, 6) is 1.11. The number of nitrogens with one attached hydrogen (secondary N) is 2. The average molecular weight is 401 g/mol. The molecule has 0 unspecified atom stereocenters. The molecule has 1 saturated carbocycles. The van der Waals surface area contributed by atoms with E-state index in [-0.39, 0.29) is 37.0 Å². The van der Waals surface area contributed by atoms with E-state index < -0.39 is 0 Å². The van der Waals surface area contributed by atoms with Crippen molar-refractivity contribution in [3.8, 4) is 11.5 Å². The van der Waals surface area contributed by atoms with Crippen molar-refractivity contribution >= 4 is 11.9 Å². The van der Waals surface area contributed by atoms with Gasteiger partial charge in [0.25, 0.3) is 5.91 Å². The Kier molecular flexibility index (Phi) is 4.95. The van der Waals surface area contributed by atoms with Crippen molar-refractivity contribution in [3.05, 3.63) is 23.8 Å². The molecule has 1 aromatic carbocycles. The van der Waals surface area contributed by atoms with Crippen LogP contribution < -0.4 is 20.1 Å². The smallest absolute Gasteiger partial charge is 0.318 e. The van der Waals surface area contributed by atoms with E-state index in [9.17, 15) is 9.59 Å². The van der Waals surface area contributed by atoms with Crippen LogP contribution in [0.4, 0.5) is 4.79 Å². The Balaban J connectivity index is 1.07. The Labute approximate surface area is 169 Å². The predicted octanol–water partition coefficient (Wildman–Crippen LogP) is 2.03. The lowest BCUT2D eigenvalue weighted by molar-refractivity contribution is -0.148. The molecule has 3 aliphatic heterocycles. The van der Waals surface area contributed by atoms with E-state index in [1.54, 1.807) is 18.2 Å². The standard InChI is InChI=1S/C21H27N3O5/c25-20(13-5-8-17-18(9-13)28-12-27-17)22-10-15-6-7-16-19(29-15)11-24(16)21(26)23-14-3-1-2-4-14/h5,8-9,14-16,19H,1-4,6-7,10-12H2,(H,22,25)(H,23,26)/t15-,16+,19+/m1/s1. The van der Waals surface area contributed by atoms with E-state index in [0.29, 0.717) is 36.2 Å². The number of hydrogen-bond donors (Lipinski definition) is 2. The highest BCUT2D eigenvalue weighted by atomic mass is 16.7. The highest BCUT2D eigenvalue weighted by molar-refractivity contribution is 5.94. The molecule has 0 spiro atoms. The fourth-order valence-electron chi connectivity index (χ4n) is 4.72. The van der Waals surface area contributed by atoms with Gasteiger partial charge in [-0.2, -0.15) is 0 Å². The van der Waals surface area contributed by atoms with Crippen LogP contribution >= 0.6 is 0 Å². The molecule has 29 heavy (non-hydrogen) atoms. The zero-order chi connectivity index (χ0) is 19.8. The van der Waals surface area contributed by atoms with Crippen molar-refractivity contribution in [2.75, 3.05) is 19.9 Å². The molecule has 3 atom stereocenters. The van der Waals surface area contributed by atoms with Crippen LogP contribution in [0.25, 0.3) is 0 Å². The molecule has 3 heterocycles. The second-order valence-corrected chi connectivity index (χ2v) is 8.30. The summed E-state index contributed by atoms with van der Waals surface area (Å²) in [4.78, 5) is 26.8. The molecule has 2 saturated heterocycles. The lowest BCUT2D eigenvalue weighted by Crippen LogP contribution is -2.68. The Bertz CT molecular complexity index is 795.